The van der Waals surface area contributed by atoms with Gasteiger partial charge in [-0.2, -0.15) is 0 Å². The number of carbonyl (C=O) groups excluding carboxylic acids is 2. The van der Waals surface area contributed by atoms with Crippen LogP contribution in [0.25, 0.3) is 11.1 Å². The molecule has 0 radical (unpaired) electrons. The molecule has 3 aromatic rings. The molecule has 152 valence electrons. The Morgan fingerprint density at radius 2 is 1.97 bits per heavy atom. The highest BCUT2D eigenvalue weighted by molar-refractivity contribution is 5.96. The third-order valence-corrected chi connectivity index (χ3v) is 5.53. The number of hydrogen-bond donors (Lipinski definition) is 0. The predicted molar refractivity (Wildman–Crippen MR) is 116 cm³/mol. The molecular weight excluding hydrogens is 376 g/mol. The SMILES string of the molecule is Cc1cccnc1C(=O)N(C)Cc1cncc(-c2ccc3c(c2)CCC(=O)N3C)c1. The van der Waals surface area contributed by atoms with E-state index in [1.54, 1.807) is 29.2 Å². The van der Waals surface area contributed by atoms with Crippen LogP contribution in [0.5, 0.6) is 0 Å². The second-order valence-electron chi connectivity index (χ2n) is 7.71. The molecule has 1 aliphatic heterocycles. The molecule has 30 heavy (non-hydrogen) atoms. The Bertz CT molecular complexity index is 1130. The lowest BCUT2D eigenvalue weighted by Gasteiger charge is -2.26. The Morgan fingerprint density at radius 3 is 2.77 bits per heavy atom. The number of pyridine rings is 2. The molecule has 1 aromatic carbocycles. The molecule has 0 fully saturated rings. The van der Waals surface area contributed by atoms with E-state index in [0.717, 1.165) is 39.9 Å². The van der Waals surface area contributed by atoms with Crippen molar-refractivity contribution < 1.29 is 9.59 Å². The van der Waals surface area contributed by atoms with Crippen molar-refractivity contribution >= 4 is 17.5 Å². The van der Waals surface area contributed by atoms with Crippen molar-refractivity contribution in [3.63, 3.8) is 0 Å². The lowest BCUT2D eigenvalue weighted by molar-refractivity contribution is -0.118. The number of aromatic nitrogens is 2. The topological polar surface area (TPSA) is 66.4 Å². The molecule has 4 rings (SSSR count). The fraction of sp³-hybridized carbons (Fsp3) is 0.250. The summed E-state index contributed by atoms with van der Waals surface area (Å²) in [6, 6.07) is 11.9. The van der Waals surface area contributed by atoms with E-state index in [4.69, 9.17) is 0 Å². The fourth-order valence-electron chi connectivity index (χ4n) is 3.80. The molecular formula is C24H24N4O2. The van der Waals surface area contributed by atoms with Gasteiger partial charge in [0.25, 0.3) is 5.91 Å². The van der Waals surface area contributed by atoms with Crippen molar-refractivity contribution in [3.05, 3.63) is 77.4 Å². The van der Waals surface area contributed by atoms with Crippen molar-refractivity contribution in [2.24, 2.45) is 0 Å². The van der Waals surface area contributed by atoms with Crippen LogP contribution in [0.2, 0.25) is 0 Å². The zero-order chi connectivity index (χ0) is 21.3. The summed E-state index contributed by atoms with van der Waals surface area (Å²) in [5.41, 5.74) is 6.45. The smallest absolute Gasteiger partial charge is 0.272 e. The van der Waals surface area contributed by atoms with Crippen LogP contribution in [-0.4, -0.2) is 40.8 Å². The van der Waals surface area contributed by atoms with Crippen molar-refractivity contribution in [3.8, 4) is 11.1 Å². The van der Waals surface area contributed by atoms with Crippen LogP contribution in [0.15, 0.2) is 55.0 Å². The monoisotopic (exact) mass is 400 g/mol. The van der Waals surface area contributed by atoms with E-state index in [1.807, 2.05) is 44.4 Å². The maximum atomic E-state index is 12.8. The molecule has 0 N–H and O–H groups in total. The maximum absolute atomic E-state index is 12.8. The van der Waals surface area contributed by atoms with Gasteiger partial charge in [0.15, 0.2) is 0 Å². The number of benzene rings is 1. The van der Waals surface area contributed by atoms with Crippen LogP contribution in [0.4, 0.5) is 5.69 Å². The van der Waals surface area contributed by atoms with Crippen LogP contribution < -0.4 is 4.90 Å². The standard InChI is InChI=1S/C24H24N4O2/c1-16-5-4-10-26-23(16)24(30)27(2)15-17-11-20(14-25-13-17)18-6-8-21-19(12-18)7-9-22(29)28(21)3/h4-6,8,10-14H,7,9,15H2,1-3H3. The lowest BCUT2D eigenvalue weighted by Crippen LogP contribution is -2.30. The Balaban J connectivity index is 1.55. The number of amides is 2. The molecule has 6 heteroatoms. The molecule has 6 nitrogen and oxygen atoms in total. The molecule has 1 aliphatic rings. The van der Waals surface area contributed by atoms with Crippen LogP contribution >= 0.6 is 0 Å². The van der Waals surface area contributed by atoms with Crippen molar-refractivity contribution in [1.29, 1.82) is 0 Å². The van der Waals surface area contributed by atoms with Gasteiger partial charge in [-0.1, -0.05) is 12.1 Å². The number of carbonyl (C=O) groups is 2. The maximum Gasteiger partial charge on any atom is 0.272 e. The number of nitrogens with zero attached hydrogens (tertiary/aromatic N) is 4. The van der Waals surface area contributed by atoms with Gasteiger partial charge in [0.2, 0.25) is 5.91 Å². The Hall–Kier alpha value is -3.54. The van der Waals surface area contributed by atoms with Gasteiger partial charge < -0.3 is 9.80 Å². The zero-order valence-corrected chi connectivity index (χ0v) is 17.4. The van der Waals surface area contributed by atoms with Gasteiger partial charge in [0, 0.05) is 56.9 Å². The third kappa shape index (κ3) is 3.81. The second-order valence-corrected chi connectivity index (χ2v) is 7.71. The molecule has 0 bridgehead atoms. The zero-order valence-electron chi connectivity index (χ0n) is 17.4. The Labute approximate surface area is 176 Å². The lowest BCUT2D eigenvalue weighted by atomic mass is 9.96. The summed E-state index contributed by atoms with van der Waals surface area (Å²) in [6.45, 7) is 2.33. The second kappa shape index (κ2) is 8.06. The van der Waals surface area contributed by atoms with Crippen LogP contribution in [0.1, 0.15) is 33.6 Å². The number of hydrogen-bond acceptors (Lipinski definition) is 4. The molecule has 0 unspecified atom stereocenters. The molecule has 0 aliphatic carbocycles. The van der Waals surface area contributed by atoms with Crippen LogP contribution in [0, 0.1) is 6.92 Å². The van der Waals surface area contributed by atoms with Gasteiger partial charge in [0.05, 0.1) is 0 Å². The number of rotatable bonds is 4. The van der Waals surface area contributed by atoms with Crippen molar-refractivity contribution in [2.75, 3.05) is 19.0 Å². The fourth-order valence-corrected chi connectivity index (χ4v) is 3.80. The van der Waals surface area contributed by atoms with Gasteiger partial charge in [-0.15, -0.1) is 0 Å². The minimum atomic E-state index is -0.111. The highest BCUT2D eigenvalue weighted by atomic mass is 16.2. The number of anilines is 1. The highest BCUT2D eigenvalue weighted by Gasteiger charge is 2.21. The molecule has 0 atom stereocenters. The van der Waals surface area contributed by atoms with Crippen LogP contribution in [-0.2, 0) is 17.8 Å². The van der Waals surface area contributed by atoms with Gasteiger partial charge in [-0.3, -0.25) is 19.6 Å². The Kier molecular flexibility index (Phi) is 5.31. The van der Waals surface area contributed by atoms with Gasteiger partial charge in [-0.25, -0.2) is 0 Å². The average Bonchev–Trinajstić information content (AvgIpc) is 2.76. The molecule has 0 saturated carbocycles. The molecule has 0 spiro atoms. The molecule has 2 aromatic heterocycles. The van der Waals surface area contributed by atoms with Crippen LogP contribution in [0.3, 0.4) is 0 Å². The number of fused-ring (bicyclic) bond motifs is 1. The van der Waals surface area contributed by atoms with E-state index in [9.17, 15) is 9.59 Å². The minimum Gasteiger partial charge on any atom is -0.336 e. The first-order valence-corrected chi connectivity index (χ1v) is 9.95. The highest BCUT2D eigenvalue weighted by Crippen LogP contribution is 2.31. The van der Waals surface area contributed by atoms with Gasteiger partial charge in [0.1, 0.15) is 5.69 Å². The van der Waals surface area contributed by atoms with Gasteiger partial charge in [-0.05, 0) is 59.9 Å². The van der Waals surface area contributed by atoms with E-state index >= 15 is 0 Å². The van der Waals surface area contributed by atoms with Crippen molar-refractivity contribution in [1.82, 2.24) is 14.9 Å². The summed E-state index contributed by atoms with van der Waals surface area (Å²) >= 11 is 0. The summed E-state index contributed by atoms with van der Waals surface area (Å²) in [7, 11) is 3.59. The number of aryl methyl sites for hydroxylation is 2. The minimum absolute atomic E-state index is 0.111. The summed E-state index contributed by atoms with van der Waals surface area (Å²) in [5, 5.41) is 0. The average molecular weight is 400 g/mol. The normalized spacial score (nSPS) is 13.2. The molecule has 2 amide bonds. The molecule has 3 heterocycles. The largest absolute Gasteiger partial charge is 0.336 e. The quantitative estimate of drug-likeness (QED) is 0.671. The van der Waals surface area contributed by atoms with E-state index in [2.05, 4.69) is 22.1 Å². The van der Waals surface area contributed by atoms with E-state index in [-0.39, 0.29) is 11.8 Å². The van der Waals surface area contributed by atoms with Gasteiger partial charge >= 0.3 is 0 Å². The first-order valence-electron chi connectivity index (χ1n) is 9.95. The summed E-state index contributed by atoms with van der Waals surface area (Å²) in [6.07, 6.45) is 6.53. The van der Waals surface area contributed by atoms with E-state index in [0.29, 0.717) is 18.7 Å². The first-order chi connectivity index (χ1) is 14.4. The predicted octanol–water partition coefficient (Wildman–Crippen LogP) is 3.63. The first kappa shape index (κ1) is 19.8. The summed E-state index contributed by atoms with van der Waals surface area (Å²) < 4.78 is 0. The summed E-state index contributed by atoms with van der Waals surface area (Å²) in [4.78, 5) is 36.7. The summed E-state index contributed by atoms with van der Waals surface area (Å²) in [5.74, 6) is 0.0368. The van der Waals surface area contributed by atoms with E-state index < -0.39 is 0 Å². The van der Waals surface area contributed by atoms with E-state index in [1.165, 1.54) is 0 Å². The third-order valence-electron chi connectivity index (χ3n) is 5.53. The molecule has 0 saturated heterocycles. The van der Waals surface area contributed by atoms with Crippen molar-refractivity contribution in [2.45, 2.75) is 26.3 Å². The Morgan fingerprint density at radius 1 is 1.13 bits per heavy atom.